The minimum Gasteiger partial charge on any atom is -0.302 e. The summed E-state index contributed by atoms with van der Waals surface area (Å²) < 4.78 is 0. The number of carbonyl (C=O) groups is 1. The van der Waals surface area contributed by atoms with Crippen LogP contribution in [0.15, 0.2) is 29.6 Å². The molecule has 1 N–H and O–H groups in total. The van der Waals surface area contributed by atoms with Crippen LogP contribution in [0, 0.1) is 5.92 Å². The molecule has 0 aliphatic rings. The van der Waals surface area contributed by atoms with Crippen LogP contribution in [0.3, 0.4) is 0 Å². The van der Waals surface area contributed by atoms with E-state index in [1.54, 1.807) is 0 Å². The summed E-state index contributed by atoms with van der Waals surface area (Å²) >= 11 is 1.46. The molecule has 0 saturated carbocycles. The van der Waals surface area contributed by atoms with Crippen molar-refractivity contribution in [2.45, 2.75) is 40.0 Å². The third kappa shape index (κ3) is 3.91. The Balaban J connectivity index is 2.16. The van der Waals surface area contributed by atoms with E-state index >= 15 is 0 Å². The first-order chi connectivity index (χ1) is 9.77. The number of nitrogens with one attached hydrogen (secondary N) is 1. The van der Waals surface area contributed by atoms with Gasteiger partial charge in [0.2, 0.25) is 5.91 Å². The lowest BCUT2D eigenvalue weighted by Gasteiger charge is -2.18. The summed E-state index contributed by atoms with van der Waals surface area (Å²) in [5.74, 6) is -0.0394. The summed E-state index contributed by atoms with van der Waals surface area (Å²) in [6.07, 6.45) is 0. The van der Waals surface area contributed by atoms with Crippen LogP contribution < -0.4 is 5.32 Å². The van der Waals surface area contributed by atoms with Crippen molar-refractivity contribution in [1.29, 1.82) is 0 Å². The zero-order valence-electron chi connectivity index (χ0n) is 13.2. The van der Waals surface area contributed by atoms with E-state index in [0.717, 1.165) is 11.3 Å². The molecule has 0 aliphatic heterocycles. The molecule has 0 atom stereocenters. The molecule has 2 rings (SSSR count). The molecule has 0 unspecified atom stereocenters. The quantitative estimate of drug-likeness (QED) is 0.892. The summed E-state index contributed by atoms with van der Waals surface area (Å²) in [4.78, 5) is 16.1. The van der Waals surface area contributed by atoms with Crippen molar-refractivity contribution in [2.24, 2.45) is 5.92 Å². The molecule has 2 aromatic rings. The number of amides is 1. The Labute approximate surface area is 130 Å². The lowest BCUT2D eigenvalue weighted by molar-refractivity contribution is -0.118. The van der Waals surface area contributed by atoms with Gasteiger partial charge in [-0.05, 0) is 11.0 Å². The number of benzene rings is 1. The molecular formula is C17H22N2OS. The third-order valence-corrected chi connectivity index (χ3v) is 4.06. The minimum atomic E-state index is -0.0385. The van der Waals surface area contributed by atoms with Crippen molar-refractivity contribution < 1.29 is 4.79 Å². The number of carbonyl (C=O) groups excluding carboxylic acids is 1. The van der Waals surface area contributed by atoms with Gasteiger partial charge < -0.3 is 5.32 Å². The van der Waals surface area contributed by atoms with Gasteiger partial charge in [-0.25, -0.2) is 4.98 Å². The van der Waals surface area contributed by atoms with E-state index in [0.29, 0.717) is 5.13 Å². The molecule has 21 heavy (non-hydrogen) atoms. The van der Waals surface area contributed by atoms with Crippen LogP contribution in [0.5, 0.6) is 0 Å². The highest BCUT2D eigenvalue weighted by atomic mass is 32.1. The summed E-state index contributed by atoms with van der Waals surface area (Å²) in [6.45, 7) is 10.3. The average Bonchev–Trinajstić information content (AvgIpc) is 2.86. The van der Waals surface area contributed by atoms with Gasteiger partial charge in [-0.15, -0.1) is 11.3 Å². The topological polar surface area (TPSA) is 42.0 Å². The van der Waals surface area contributed by atoms with E-state index < -0.39 is 0 Å². The number of nitrogens with zero attached hydrogens (tertiary/aromatic N) is 1. The molecule has 4 heteroatoms. The van der Waals surface area contributed by atoms with E-state index in [2.05, 4.69) is 55.3 Å². The summed E-state index contributed by atoms with van der Waals surface area (Å²) in [6, 6.07) is 8.45. The monoisotopic (exact) mass is 302 g/mol. The van der Waals surface area contributed by atoms with Crippen molar-refractivity contribution in [2.75, 3.05) is 5.32 Å². The highest BCUT2D eigenvalue weighted by Crippen LogP contribution is 2.28. The molecule has 112 valence electrons. The Morgan fingerprint density at radius 1 is 1.19 bits per heavy atom. The van der Waals surface area contributed by atoms with Gasteiger partial charge in [0.15, 0.2) is 5.13 Å². The van der Waals surface area contributed by atoms with E-state index in [9.17, 15) is 4.79 Å². The van der Waals surface area contributed by atoms with Gasteiger partial charge in [0.05, 0.1) is 5.69 Å². The van der Waals surface area contributed by atoms with E-state index in [1.807, 2.05) is 19.2 Å². The second kappa shape index (κ2) is 5.98. The molecule has 0 aliphatic carbocycles. The van der Waals surface area contributed by atoms with Crippen LogP contribution in [0.4, 0.5) is 5.13 Å². The first-order valence-corrected chi connectivity index (χ1v) is 8.02. The van der Waals surface area contributed by atoms with E-state index in [4.69, 9.17) is 0 Å². The number of aromatic nitrogens is 1. The van der Waals surface area contributed by atoms with Crippen molar-refractivity contribution >= 4 is 22.4 Å². The normalized spacial score (nSPS) is 11.7. The second-order valence-electron chi connectivity index (χ2n) is 6.51. The Bertz CT molecular complexity index is 621. The van der Waals surface area contributed by atoms with Gasteiger partial charge in [-0.2, -0.15) is 0 Å². The standard InChI is InChI=1S/C17H22N2OS/c1-11(2)15(20)19-16-18-14(10-21-16)12-6-8-13(9-7-12)17(3,4)5/h6-11H,1-5H3,(H,18,19,20). The number of rotatable bonds is 3. The Hall–Kier alpha value is -1.68. The molecule has 0 saturated heterocycles. The molecule has 0 fully saturated rings. The van der Waals surface area contributed by atoms with Crippen LogP contribution in [0.1, 0.15) is 40.2 Å². The number of thiazole rings is 1. The van der Waals surface area contributed by atoms with Gasteiger partial charge in [0.25, 0.3) is 0 Å². The molecule has 1 aromatic heterocycles. The first kappa shape index (κ1) is 15.7. The maximum atomic E-state index is 11.7. The Morgan fingerprint density at radius 3 is 2.33 bits per heavy atom. The lowest BCUT2D eigenvalue weighted by Crippen LogP contribution is -2.17. The fourth-order valence-electron chi connectivity index (χ4n) is 1.85. The summed E-state index contributed by atoms with van der Waals surface area (Å²) in [5, 5.41) is 5.47. The largest absolute Gasteiger partial charge is 0.302 e. The van der Waals surface area contributed by atoms with Crippen molar-refractivity contribution in [3.63, 3.8) is 0 Å². The molecule has 0 radical (unpaired) electrons. The smallest absolute Gasteiger partial charge is 0.228 e. The van der Waals surface area contributed by atoms with E-state index in [-0.39, 0.29) is 17.2 Å². The SMILES string of the molecule is CC(C)C(=O)Nc1nc(-c2ccc(C(C)(C)C)cc2)cs1. The maximum absolute atomic E-state index is 11.7. The predicted octanol–water partition coefficient (Wildman–Crippen LogP) is 4.70. The lowest BCUT2D eigenvalue weighted by atomic mass is 9.86. The summed E-state index contributed by atoms with van der Waals surface area (Å²) in [5.41, 5.74) is 3.43. The molecule has 1 aromatic carbocycles. The first-order valence-electron chi connectivity index (χ1n) is 7.14. The molecule has 0 spiro atoms. The second-order valence-corrected chi connectivity index (χ2v) is 7.37. The highest BCUT2D eigenvalue weighted by molar-refractivity contribution is 7.14. The fraction of sp³-hybridized carbons (Fsp3) is 0.412. The van der Waals surface area contributed by atoms with Crippen molar-refractivity contribution in [3.05, 3.63) is 35.2 Å². The molecule has 3 nitrogen and oxygen atoms in total. The van der Waals surface area contributed by atoms with E-state index in [1.165, 1.54) is 16.9 Å². The minimum absolute atomic E-state index is 0.000944. The van der Waals surface area contributed by atoms with Crippen molar-refractivity contribution in [1.82, 2.24) is 4.98 Å². The molecule has 1 amide bonds. The van der Waals surface area contributed by atoms with Gasteiger partial charge in [-0.1, -0.05) is 58.9 Å². The average molecular weight is 302 g/mol. The highest BCUT2D eigenvalue weighted by Gasteiger charge is 2.14. The number of anilines is 1. The predicted molar refractivity (Wildman–Crippen MR) is 89.7 cm³/mol. The Morgan fingerprint density at radius 2 is 1.81 bits per heavy atom. The van der Waals surface area contributed by atoms with Crippen LogP contribution in [0.2, 0.25) is 0 Å². The van der Waals surface area contributed by atoms with Crippen LogP contribution in [-0.2, 0) is 10.2 Å². The zero-order valence-corrected chi connectivity index (χ0v) is 14.0. The molecule has 0 bridgehead atoms. The van der Waals surface area contributed by atoms with Crippen molar-refractivity contribution in [3.8, 4) is 11.3 Å². The summed E-state index contributed by atoms with van der Waals surface area (Å²) in [7, 11) is 0. The molecule has 1 heterocycles. The number of hydrogen-bond acceptors (Lipinski definition) is 3. The van der Waals surface area contributed by atoms with Gasteiger partial charge in [-0.3, -0.25) is 4.79 Å². The van der Waals surface area contributed by atoms with Crippen LogP contribution in [-0.4, -0.2) is 10.9 Å². The zero-order chi connectivity index (χ0) is 15.6. The third-order valence-electron chi connectivity index (χ3n) is 3.31. The number of hydrogen-bond donors (Lipinski definition) is 1. The van der Waals surface area contributed by atoms with Crippen LogP contribution in [0.25, 0.3) is 11.3 Å². The van der Waals surface area contributed by atoms with Gasteiger partial charge in [0, 0.05) is 16.9 Å². The van der Waals surface area contributed by atoms with Gasteiger partial charge in [0.1, 0.15) is 0 Å². The van der Waals surface area contributed by atoms with Crippen LogP contribution >= 0.6 is 11.3 Å². The van der Waals surface area contributed by atoms with Gasteiger partial charge >= 0.3 is 0 Å². The Kier molecular flexibility index (Phi) is 4.47. The molecular weight excluding hydrogens is 280 g/mol. The fourth-order valence-corrected chi connectivity index (χ4v) is 2.58. The maximum Gasteiger partial charge on any atom is 0.228 e.